The van der Waals surface area contributed by atoms with Gasteiger partial charge in [0.15, 0.2) is 0 Å². The quantitative estimate of drug-likeness (QED) is 0.603. The number of halogens is 3. The van der Waals surface area contributed by atoms with Crippen molar-refractivity contribution in [2.75, 3.05) is 14.2 Å². The summed E-state index contributed by atoms with van der Waals surface area (Å²) in [5.41, 5.74) is 1.79. The van der Waals surface area contributed by atoms with Gasteiger partial charge in [0, 0.05) is 20.1 Å². The molecule has 2 rings (SSSR count). The van der Waals surface area contributed by atoms with Crippen molar-refractivity contribution in [2.45, 2.75) is 5.38 Å². The highest BCUT2D eigenvalue weighted by molar-refractivity contribution is 9.10. The summed E-state index contributed by atoms with van der Waals surface area (Å²) in [5.74, 6) is 1.49. The number of methoxy groups -OCH3 is 2. The summed E-state index contributed by atoms with van der Waals surface area (Å²) in [6.45, 7) is 0. The van der Waals surface area contributed by atoms with Crippen LogP contribution in [0.5, 0.6) is 11.5 Å². The van der Waals surface area contributed by atoms with Crippen LogP contribution in [0.2, 0.25) is 0 Å². The van der Waals surface area contributed by atoms with E-state index in [0.29, 0.717) is 0 Å². The number of hydrogen-bond acceptors (Lipinski definition) is 2. The Bertz CT molecular complexity index is 617. The van der Waals surface area contributed by atoms with Gasteiger partial charge in [-0.3, -0.25) is 0 Å². The van der Waals surface area contributed by atoms with E-state index in [0.717, 1.165) is 31.6 Å². The first kappa shape index (κ1) is 15.7. The third-order valence-corrected chi connectivity index (χ3v) is 4.39. The minimum Gasteiger partial charge on any atom is -0.496 e. The smallest absolute Gasteiger partial charge is 0.125 e. The lowest BCUT2D eigenvalue weighted by molar-refractivity contribution is 0.404. The lowest BCUT2D eigenvalue weighted by Crippen LogP contribution is -2.00. The van der Waals surface area contributed by atoms with Gasteiger partial charge in [-0.2, -0.15) is 0 Å². The molecule has 0 spiro atoms. The highest BCUT2D eigenvalue weighted by atomic mass is 79.9. The van der Waals surface area contributed by atoms with Gasteiger partial charge in [-0.05, 0) is 30.3 Å². The van der Waals surface area contributed by atoms with E-state index in [1.54, 1.807) is 14.2 Å². The van der Waals surface area contributed by atoms with E-state index in [1.807, 2.05) is 36.4 Å². The van der Waals surface area contributed by atoms with E-state index < -0.39 is 0 Å². The number of ether oxygens (including phenoxy) is 2. The van der Waals surface area contributed by atoms with Crippen molar-refractivity contribution >= 4 is 43.5 Å². The van der Waals surface area contributed by atoms with Crippen molar-refractivity contribution < 1.29 is 9.47 Å². The van der Waals surface area contributed by atoms with E-state index >= 15 is 0 Å². The van der Waals surface area contributed by atoms with E-state index in [4.69, 9.17) is 21.1 Å². The molecule has 0 N–H and O–H groups in total. The van der Waals surface area contributed by atoms with Crippen LogP contribution in [0, 0.1) is 0 Å². The number of hydrogen-bond donors (Lipinski definition) is 0. The molecule has 0 fully saturated rings. The van der Waals surface area contributed by atoms with Gasteiger partial charge in [0.05, 0.1) is 19.6 Å². The topological polar surface area (TPSA) is 18.5 Å². The van der Waals surface area contributed by atoms with Crippen LogP contribution in [0.15, 0.2) is 45.3 Å². The Morgan fingerprint density at radius 1 is 0.850 bits per heavy atom. The molecule has 0 aromatic heterocycles. The Balaban J connectivity index is 2.51. The summed E-state index contributed by atoms with van der Waals surface area (Å²) >= 11 is 13.5. The fraction of sp³-hybridized carbons (Fsp3) is 0.200. The largest absolute Gasteiger partial charge is 0.496 e. The first-order chi connectivity index (χ1) is 9.56. The molecule has 2 aromatic carbocycles. The zero-order valence-corrected chi connectivity index (χ0v) is 14.9. The summed E-state index contributed by atoms with van der Waals surface area (Å²) in [5, 5.41) is -0.356. The number of rotatable bonds is 4. The molecule has 0 saturated heterocycles. The van der Waals surface area contributed by atoms with Crippen LogP contribution in [-0.4, -0.2) is 14.2 Å². The molecule has 1 unspecified atom stereocenters. The van der Waals surface area contributed by atoms with E-state index in [9.17, 15) is 0 Å². The molecule has 106 valence electrons. The van der Waals surface area contributed by atoms with Crippen molar-refractivity contribution in [1.82, 2.24) is 0 Å². The normalized spacial score (nSPS) is 12.1. The van der Waals surface area contributed by atoms with Gasteiger partial charge in [0.1, 0.15) is 11.5 Å². The van der Waals surface area contributed by atoms with Crippen molar-refractivity contribution in [1.29, 1.82) is 0 Å². The third-order valence-electron chi connectivity index (χ3n) is 2.93. The van der Waals surface area contributed by atoms with Gasteiger partial charge in [0.2, 0.25) is 0 Å². The van der Waals surface area contributed by atoms with Gasteiger partial charge in [-0.15, -0.1) is 11.6 Å². The fourth-order valence-corrected chi connectivity index (χ4v) is 3.03. The predicted molar refractivity (Wildman–Crippen MR) is 89.1 cm³/mol. The van der Waals surface area contributed by atoms with Crippen molar-refractivity contribution in [2.24, 2.45) is 0 Å². The first-order valence-corrected chi connectivity index (χ1v) is 7.90. The fourth-order valence-electron chi connectivity index (χ4n) is 1.97. The zero-order chi connectivity index (χ0) is 14.7. The van der Waals surface area contributed by atoms with Gasteiger partial charge in [-0.1, -0.05) is 37.9 Å². The first-order valence-electron chi connectivity index (χ1n) is 5.87. The summed E-state index contributed by atoms with van der Waals surface area (Å²) in [6.07, 6.45) is 0. The maximum atomic E-state index is 6.63. The molecule has 0 saturated carbocycles. The molecule has 0 aliphatic rings. The van der Waals surface area contributed by atoms with Gasteiger partial charge in [0.25, 0.3) is 0 Å². The minimum absolute atomic E-state index is 0.356. The monoisotopic (exact) mass is 418 g/mol. The third kappa shape index (κ3) is 3.30. The molecule has 0 radical (unpaired) electrons. The van der Waals surface area contributed by atoms with Crippen LogP contribution in [0.25, 0.3) is 0 Å². The van der Waals surface area contributed by atoms with Gasteiger partial charge >= 0.3 is 0 Å². The maximum Gasteiger partial charge on any atom is 0.125 e. The average molecular weight is 421 g/mol. The molecule has 1 atom stereocenters. The Hall–Kier alpha value is -0.710. The van der Waals surface area contributed by atoms with Crippen molar-refractivity contribution in [3.05, 3.63) is 56.5 Å². The summed E-state index contributed by atoms with van der Waals surface area (Å²) in [7, 11) is 3.27. The molecule has 0 aliphatic carbocycles. The second-order valence-corrected chi connectivity index (χ2v) is 6.40. The van der Waals surface area contributed by atoms with Crippen LogP contribution in [0.3, 0.4) is 0 Å². The van der Waals surface area contributed by atoms with E-state index in [2.05, 4.69) is 31.9 Å². The second-order valence-electron chi connectivity index (χ2n) is 4.14. The average Bonchev–Trinajstić information content (AvgIpc) is 2.46. The molecule has 2 aromatic rings. The number of benzene rings is 2. The summed E-state index contributed by atoms with van der Waals surface area (Å²) < 4.78 is 12.7. The van der Waals surface area contributed by atoms with Crippen LogP contribution in [0.1, 0.15) is 16.5 Å². The standard InChI is InChI=1S/C15H13Br2ClO2/c1-19-13-6-4-9(16)7-12(13)15(18)11-5-3-10(17)8-14(11)20-2/h3-8,15H,1-2H3. The van der Waals surface area contributed by atoms with Crippen molar-refractivity contribution in [3.8, 4) is 11.5 Å². The lowest BCUT2D eigenvalue weighted by Gasteiger charge is -2.17. The van der Waals surface area contributed by atoms with Crippen LogP contribution in [-0.2, 0) is 0 Å². The second kappa shape index (κ2) is 6.83. The molecular weight excluding hydrogens is 407 g/mol. The lowest BCUT2D eigenvalue weighted by atomic mass is 10.0. The molecule has 5 heteroatoms. The number of alkyl halides is 1. The minimum atomic E-state index is -0.356. The van der Waals surface area contributed by atoms with Gasteiger partial charge in [-0.25, -0.2) is 0 Å². The molecular formula is C15H13Br2ClO2. The molecule has 2 nitrogen and oxygen atoms in total. The van der Waals surface area contributed by atoms with Gasteiger partial charge < -0.3 is 9.47 Å². The summed E-state index contributed by atoms with van der Waals surface area (Å²) in [6, 6.07) is 11.6. The Morgan fingerprint density at radius 2 is 1.45 bits per heavy atom. The SMILES string of the molecule is COc1cc(Br)ccc1C(Cl)c1cc(Br)ccc1OC. The molecule has 0 heterocycles. The molecule has 0 bridgehead atoms. The Morgan fingerprint density at radius 3 is 2.10 bits per heavy atom. The predicted octanol–water partition coefficient (Wildman–Crippen LogP) is 5.56. The maximum absolute atomic E-state index is 6.63. The highest BCUT2D eigenvalue weighted by Gasteiger charge is 2.20. The van der Waals surface area contributed by atoms with E-state index in [1.165, 1.54) is 0 Å². The van der Waals surface area contributed by atoms with Crippen LogP contribution in [0.4, 0.5) is 0 Å². The van der Waals surface area contributed by atoms with Crippen molar-refractivity contribution in [3.63, 3.8) is 0 Å². The molecule has 0 aliphatic heterocycles. The van der Waals surface area contributed by atoms with E-state index in [-0.39, 0.29) is 5.38 Å². The van der Waals surface area contributed by atoms with Crippen LogP contribution < -0.4 is 9.47 Å². The van der Waals surface area contributed by atoms with Crippen LogP contribution >= 0.6 is 43.5 Å². The molecule has 0 amide bonds. The summed E-state index contributed by atoms with van der Waals surface area (Å²) in [4.78, 5) is 0. The molecule has 20 heavy (non-hydrogen) atoms. The Kier molecular flexibility index (Phi) is 5.35. The highest BCUT2D eigenvalue weighted by Crippen LogP contribution is 2.41. The zero-order valence-electron chi connectivity index (χ0n) is 11.0. The Labute approximate surface area is 140 Å².